The average Bonchev–Trinajstić information content (AvgIpc) is 2.81. The van der Waals surface area contributed by atoms with Gasteiger partial charge >= 0.3 is 0 Å². The number of rotatable bonds is 4. The zero-order valence-electron chi connectivity index (χ0n) is 19.9. The third-order valence-electron chi connectivity index (χ3n) is 5.22. The molecule has 0 amide bonds. The summed E-state index contributed by atoms with van der Waals surface area (Å²) >= 11 is 0. The Balaban J connectivity index is 0.000000248. The topological polar surface area (TPSA) is 57.2 Å². The molecule has 0 N–H and O–H groups in total. The zero-order valence-corrected chi connectivity index (χ0v) is 21.6. The molecule has 0 bridgehead atoms. The van der Waals surface area contributed by atoms with Crippen LogP contribution in [0.5, 0.6) is 0 Å². The van der Waals surface area contributed by atoms with Crippen molar-refractivity contribution < 1.29 is 13.0 Å². The first-order valence-corrected chi connectivity index (χ1v) is 13.7. The van der Waals surface area contributed by atoms with Gasteiger partial charge in [-0.15, -0.1) is 0 Å². The van der Waals surface area contributed by atoms with E-state index >= 15 is 0 Å². The van der Waals surface area contributed by atoms with Crippen molar-refractivity contribution in [2.45, 2.75) is 52.7 Å². The molecule has 0 unspecified atom stereocenters. The first kappa shape index (κ1) is 25.8. The molecule has 0 saturated heterocycles. The van der Waals surface area contributed by atoms with Crippen LogP contribution in [-0.2, 0) is 26.4 Å². The van der Waals surface area contributed by atoms with E-state index in [1.54, 1.807) is 12.1 Å². The molecule has 0 spiro atoms. The second-order valence-corrected chi connectivity index (χ2v) is 12.4. The lowest BCUT2D eigenvalue weighted by Crippen LogP contribution is -2.11. The van der Waals surface area contributed by atoms with E-state index in [0.717, 1.165) is 5.56 Å². The van der Waals surface area contributed by atoms with Gasteiger partial charge in [0, 0.05) is 0 Å². The Morgan fingerprint density at radius 3 is 1.41 bits per heavy atom. The molecule has 176 valence electrons. The molecule has 0 aliphatic heterocycles. The van der Waals surface area contributed by atoms with Gasteiger partial charge < -0.3 is 4.55 Å². The molecule has 0 saturated carbocycles. The van der Waals surface area contributed by atoms with Crippen molar-refractivity contribution in [2.24, 2.45) is 0 Å². The van der Waals surface area contributed by atoms with Gasteiger partial charge in [-0.05, 0) is 66.4 Å². The van der Waals surface area contributed by atoms with Crippen molar-refractivity contribution in [1.29, 1.82) is 0 Å². The summed E-state index contributed by atoms with van der Waals surface area (Å²) in [6.07, 6.45) is 0. The molecule has 0 aliphatic rings. The van der Waals surface area contributed by atoms with E-state index in [-0.39, 0.29) is 21.2 Å². The summed E-state index contributed by atoms with van der Waals surface area (Å²) in [4.78, 5) is 3.92. The minimum absolute atomic E-state index is 0.0497. The zero-order chi connectivity index (χ0) is 24.8. The molecular weight excluding hydrogens is 460 g/mol. The summed E-state index contributed by atoms with van der Waals surface area (Å²) in [6, 6.07) is 36.5. The van der Waals surface area contributed by atoms with Crippen LogP contribution in [0.4, 0.5) is 0 Å². The molecule has 34 heavy (non-hydrogen) atoms. The lowest BCUT2D eigenvalue weighted by atomic mass is 9.87. The fourth-order valence-electron chi connectivity index (χ4n) is 3.32. The Morgan fingerprint density at radius 2 is 1.03 bits per heavy atom. The molecule has 0 radical (unpaired) electrons. The Kier molecular flexibility index (Phi) is 8.37. The van der Waals surface area contributed by atoms with Crippen molar-refractivity contribution in [2.75, 3.05) is 0 Å². The fourth-order valence-corrected chi connectivity index (χ4v) is 5.87. The summed E-state index contributed by atoms with van der Waals surface area (Å²) in [5.41, 5.74) is 2.50. The van der Waals surface area contributed by atoms with Crippen LogP contribution in [0.3, 0.4) is 0 Å². The summed E-state index contributed by atoms with van der Waals surface area (Å²) in [6.45, 7) is 8.60. The normalized spacial score (nSPS) is 11.6. The van der Waals surface area contributed by atoms with Crippen LogP contribution in [0, 0.1) is 6.92 Å². The molecular formula is C29H30O3S2. The van der Waals surface area contributed by atoms with Crippen LogP contribution in [0.1, 0.15) is 31.9 Å². The minimum atomic E-state index is -4.27. The van der Waals surface area contributed by atoms with E-state index in [1.807, 2.05) is 6.92 Å². The van der Waals surface area contributed by atoms with Crippen LogP contribution < -0.4 is 0 Å². The second kappa shape index (κ2) is 11.0. The van der Waals surface area contributed by atoms with E-state index in [2.05, 4.69) is 106 Å². The molecule has 5 heteroatoms. The highest BCUT2D eigenvalue weighted by Crippen LogP contribution is 2.32. The SMILES string of the molecule is CC(C)(C)c1ccc([S+](c2ccccc2)c2ccccc2)cc1.Cc1ccc(S(=O)(=O)[O-])cc1. The molecule has 0 fully saturated rings. The van der Waals surface area contributed by atoms with Crippen LogP contribution in [-0.4, -0.2) is 13.0 Å². The van der Waals surface area contributed by atoms with Crippen molar-refractivity contribution in [1.82, 2.24) is 0 Å². The lowest BCUT2D eigenvalue weighted by molar-refractivity contribution is 0.463. The van der Waals surface area contributed by atoms with Gasteiger partial charge in [-0.25, -0.2) is 8.42 Å². The average molecular weight is 491 g/mol. The third-order valence-corrected chi connectivity index (χ3v) is 8.30. The highest BCUT2D eigenvalue weighted by Gasteiger charge is 2.28. The van der Waals surface area contributed by atoms with Gasteiger partial charge in [-0.3, -0.25) is 0 Å². The number of hydrogen-bond acceptors (Lipinski definition) is 3. The van der Waals surface area contributed by atoms with Crippen LogP contribution in [0.2, 0.25) is 0 Å². The smallest absolute Gasteiger partial charge is 0.166 e. The number of aryl methyl sites for hydroxylation is 1. The summed E-state index contributed by atoms with van der Waals surface area (Å²) in [5, 5.41) is 0. The van der Waals surface area contributed by atoms with Crippen molar-refractivity contribution in [3.05, 3.63) is 120 Å². The maximum absolute atomic E-state index is 10.4. The molecule has 0 atom stereocenters. The maximum Gasteiger partial charge on any atom is 0.166 e. The van der Waals surface area contributed by atoms with Gasteiger partial charge in [0.15, 0.2) is 14.7 Å². The standard InChI is InChI=1S/C22H23S.C7H8O3S/c1-22(2,3)18-14-16-21(17-15-18)23(19-10-6-4-7-11-19)20-12-8-5-9-13-20;1-6-2-4-7(5-3-6)11(8,9)10/h4-17H,1-3H3;2-5H,1H3,(H,8,9,10)/q+1;/p-1. The van der Waals surface area contributed by atoms with Gasteiger partial charge in [0.1, 0.15) is 10.1 Å². The summed E-state index contributed by atoms with van der Waals surface area (Å²) in [7, 11) is -4.32. The molecule has 3 nitrogen and oxygen atoms in total. The summed E-state index contributed by atoms with van der Waals surface area (Å²) in [5.74, 6) is 0. The highest BCUT2D eigenvalue weighted by atomic mass is 32.2. The molecule has 0 aromatic heterocycles. The van der Waals surface area contributed by atoms with Crippen LogP contribution >= 0.6 is 0 Å². The Hall–Kier alpha value is -2.86. The van der Waals surface area contributed by atoms with Gasteiger partial charge in [0.05, 0.1) is 15.8 Å². The monoisotopic (exact) mass is 490 g/mol. The first-order chi connectivity index (χ1) is 16.1. The minimum Gasteiger partial charge on any atom is -0.744 e. The van der Waals surface area contributed by atoms with Crippen LogP contribution in [0.25, 0.3) is 0 Å². The Labute approximate surface area is 206 Å². The predicted molar refractivity (Wildman–Crippen MR) is 139 cm³/mol. The Morgan fingerprint density at radius 1 is 0.618 bits per heavy atom. The summed E-state index contributed by atoms with van der Waals surface area (Å²) < 4.78 is 31.2. The molecule has 4 aromatic rings. The Bertz CT molecular complexity index is 1240. The second-order valence-electron chi connectivity index (χ2n) is 8.97. The van der Waals surface area contributed by atoms with Gasteiger partial charge in [-0.1, -0.05) is 87.0 Å². The molecule has 0 heterocycles. The first-order valence-electron chi connectivity index (χ1n) is 11.0. The molecule has 4 aromatic carbocycles. The van der Waals surface area contributed by atoms with Crippen molar-refractivity contribution >= 4 is 21.0 Å². The number of benzene rings is 4. The van der Waals surface area contributed by atoms with Gasteiger partial charge in [-0.2, -0.15) is 0 Å². The van der Waals surface area contributed by atoms with E-state index in [1.165, 1.54) is 32.4 Å². The van der Waals surface area contributed by atoms with E-state index < -0.39 is 10.1 Å². The molecule has 4 rings (SSSR count). The molecule has 0 aliphatic carbocycles. The highest BCUT2D eigenvalue weighted by molar-refractivity contribution is 7.97. The van der Waals surface area contributed by atoms with Crippen molar-refractivity contribution in [3.8, 4) is 0 Å². The predicted octanol–water partition coefficient (Wildman–Crippen LogP) is 6.98. The van der Waals surface area contributed by atoms with E-state index in [4.69, 9.17) is 0 Å². The maximum atomic E-state index is 10.4. The van der Waals surface area contributed by atoms with Crippen LogP contribution in [0.15, 0.2) is 129 Å². The van der Waals surface area contributed by atoms with Gasteiger partial charge in [0.2, 0.25) is 0 Å². The van der Waals surface area contributed by atoms with Gasteiger partial charge in [0.25, 0.3) is 0 Å². The van der Waals surface area contributed by atoms with Crippen molar-refractivity contribution in [3.63, 3.8) is 0 Å². The third kappa shape index (κ3) is 7.07. The van der Waals surface area contributed by atoms with E-state index in [9.17, 15) is 13.0 Å². The number of hydrogen-bond donors (Lipinski definition) is 0. The van der Waals surface area contributed by atoms with E-state index in [0.29, 0.717) is 0 Å². The fraction of sp³-hybridized carbons (Fsp3) is 0.172. The lowest BCUT2D eigenvalue weighted by Gasteiger charge is -2.19. The quantitative estimate of drug-likeness (QED) is 0.229. The largest absolute Gasteiger partial charge is 0.744 e.